The number of nitrogens with two attached hydrogens (primary N) is 1. The van der Waals surface area contributed by atoms with Crippen molar-refractivity contribution in [3.05, 3.63) is 59.8 Å². The molecule has 3 N–H and O–H groups in total. The van der Waals surface area contributed by atoms with Crippen molar-refractivity contribution in [3.63, 3.8) is 0 Å². The molecule has 1 aliphatic heterocycles. The van der Waals surface area contributed by atoms with E-state index in [1.807, 2.05) is 24.5 Å². The Hall–Kier alpha value is -4.10. The lowest BCUT2D eigenvalue weighted by Gasteiger charge is -2.22. The lowest BCUT2D eigenvalue weighted by atomic mass is 10.1. The number of rotatable bonds is 7. The summed E-state index contributed by atoms with van der Waals surface area (Å²) < 4.78 is 9.12. The number of aromatic nitrogens is 4. The van der Waals surface area contributed by atoms with Crippen LogP contribution in [0.4, 0.5) is 5.82 Å². The van der Waals surface area contributed by atoms with Crippen LogP contribution in [0.3, 0.4) is 0 Å². The Morgan fingerprint density at radius 1 is 1.36 bits per heavy atom. The van der Waals surface area contributed by atoms with Crippen molar-refractivity contribution in [3.8, 4) is 11.8 Å². The van der Waals surface area contributed by atoms with Gasteiger partial charge in [0.05, 0.1) is 36.0 Å². The van der Waals surface area contributed by atoms with E-state index in [1.54, 1.807) is 23.7 Å². The van der Waals surface area contributed by atoms with Crippen LogP contribution in [0.1, 0.15) is 58.7 Å². The highest BCUT2D eigenvalue weighted by atomic mass is 16.5. The molecule has 1 saturated carbocycles. The maximum Gasteiger partial charge on any atom is 0.255 e. The van der Waals surface area contributed by atoms with Gasteiger partial charge in [-0.1, -0.05) is 12.5 Å². The summed E-state index contributed by atoms with van der Waals surface area (Å²) in [5.74, 6) is 7.48. The summed E-state index contributed by atoms with van der Waals surface area (Å²) >= 11 is 0. The zero-order chi connectivity index (χ0) is 25.4. The second-order valence-corrected chi connectivity index (χ2v) is 9.14. The van der Waals surface area contributed by atoms with Gasteiger partial charge in [0.15, 0.2) is 5.69 Å². The lowest BCUT2D eigenvalue weighted by Crippen LogP contribution is -2.37. The van der Waals surface area contributed by atoms with Crippen LogP contribution in [0.25, 0.3) is 5.52 Å². The maximum absolute atomic E-state index is 12.5. The number of nitrogens with one attached hydrogen (secondary N) is 1. The topological polar surface area (TPSA) is 120 Å². The molecule has 1 aliphatic carbocycles. The highest BCUT2D eigenvalue weighted by molar-refractivity contribution is 6.00. The molecule has 36 heavy (non-hydrogen) atoms. The standard InChI is InChI=1S/C26H29N7O3/c1-4-22(34)32-14-18(12-19(32)15-36-3)33-26(28-2)23(24(27)35)20(30-33)10-9-16-6-5-11-31-21(16)13-29-25(31)17-7-8-17/h4-6,11,13,17-19,28H,1,7-8,12,14-15H2,2-3H3,(H2,27,35)/t18-,19+/m0/s1. The smallest absolute Gasteiger partial charge is 0.255 e. The highest BCUT2D eigenvalue weighted by Gasteiger charge is 2.38. The fraction of sp³-hybridized carbons (Fsp3) is 0.385. The molecular formula is C26H29N7O3. The first kappa shape index (κ1) is 23.6. The average molecular weight is 488 g/mol. The molecule has 5 rings (SSSR count). The van der Waals surface area contributed by atoms with Gasteiger partial charge in [-0.05, 0) is 43.4 Å². The minimum absolute atomic E-state index is 0.133. The van der Waals surface area contributed by atoms with Crippen molar-refractivity contribution in [1.29, 1.82) is 0 Å². The zero-order valence-corrected chi connectivity index (χ0v) is 20.4. The molecule has 10 nitrogen and oxygen atoms in total. The third kappa shape index (κ3) is 4.12. The van der Waals surface area contributed by atoms with Crippen molar-refractivity contribution < 1.29 is 14.3 Å². The summed E-state index contributed by atoms with van der Waals surface area (Å²) in [6.07, 6.45) is 8.05. The van der Waals surface area contributed by atoms with E-state index in [-0.39, 0.29) is 29.2 Å². The summed E-state index contributed by atoms with van der Waals surface area (Å²) in [4.78, 5) is 31.2. The van der Waals surface area contributed by atoms with E-state index in [0.717, 1.165) is 29.7 Å². The quantitative estimate of drug-likeness (QED) is 0.388. The van der Waals surface area contributed by atoms with Crippen LogP contribution in [-0.4, -0.2) is 69.2 Å². The van der Waals surface area contributed by atoms with E-state index in [4.69, 9.17) is 10.5 Å². The van der Waals surface area contributed by atoms with Crippen molar-refractivity contribution >= 4 is 23.1 Å². The summed E-state index contributed by atoms with van der Waals surface area (Å²) in [5.41, 5.74) is 7.98. The van der Waals surface area contributed by atoms with Crippen molar-refractivity contribution in [2.45, 2.75) is 37.3 Å². The first-order valence-corrected chi connectivity index (χ1v) is 12.0. The lowest BCUT2D eigenvalue weighted by molar-refractivity contribution is -0.127. The number of fused-ring (bicyclic) bond motifs is 1. The van der Waals surface area contributed by atoms with E-state index in [2.05, 4.69) is 38.2 Å². The van der Waals surface area contributed by atoms with Crippen LogP contribution >= 0.6 is 0 Å². The SMILES string of the molecule is C=CC(=O)N1C[C@@H](n2nc(C#Cc3cccn4c(C5CC5)ncc34)c(C(N)=O)c2NC)C[C@@H]1COC. The van der Waals surface area contributed by atoms with Gasteiger partial charge < -0.3 is 25.1 Å². The molecule has 0 radical (unpaired) electrons. The number of methoxy groups -OCH3 is 1. The summed E-state index contributed by atoms with van der Waals surface area (Å²) in [5, 5.41) is 7.75. The van der Waals surface area contributed by atoms with E-state index in [9.17, 15) is 9.59 Å². The van der Waals surface area contributed by atoms with E-state index in [1.165, 1.54) is 6.08 Å². The minimum Gasteiger partial charge on any atom is -0.383 e. The van der Waals surface area contributed by atoms with Crippen molar-refractivity contribution in [2.75, 3.05) is 32.6 Å². The average Bonchev–Trinajstić information content (AvgIpc) is 3.32. The molecule has 2 fully saturated rings. The van der Waals surface area contributed by atoms with Gasteiger partial charge in [-0.2, -0.15) is 5.10 Å². The molecule has 3 aromatic rings. The molecule has 2 atom stereocenters. The largest absolute Gasteiger partial charge is 0.383 e. The number of anilines is 1. The number of hydrogen-bond acceptors (Lipinski definition) is 6. The first-order valence-electron chi connectivity index (χ1n) is 12.0. The number of imidazole rings is 1. The number of likely N-dealkylation sites (tertiary alicyclic amines) is 1. The number of amides is 2. The molecule has 2 aliphatic rings. The van der Waals surface area contributed by atoms with E-state index in [0.29, 0.717) is 31.3 Å². The number of ether oxygens (including phenoxy) is 1. The molecule has 10 heteroatoms. The summed E-state index contributed by atoms with van der Waals surface area (Å²) in [6, 6.07) is 3.54. The predicted molar refractivity (Wildman–Crippen MR) is 135 cm³/mol. The van der Waals surface area contributed by atoms with Crippen molar-refractivity contribution in [2.24, 2.45) is 5.73 Å². The molecule has 0 spiro atoms. The molecule has 2 amide bonds. The Balaban J connectivity index is 1.53. The third-order valence-corrected chi connectivity index (χ3v) is 6.81. The molecule has 4 heterocycles. The highest BCUT2D eigenvalue weighted by Crippen LogP contribution is 2.39. The second kappa shape index (κ2) is 9.51. The monoisotopic (exact) mass is 487 g/mol. The van der Waals surface area contributed by atoms with Gasteiger partial charge in [-0.25, -0.2) is 9.67 Å². The van der Waals surface area contributed by atoms with Crippen LogP contribution in [0, 0.1) is 11.8 Å². The number of carbonyl (C=O) groups is 2. The second-order valence-electron chi connectivity index (χ2n) is 9.14. The molecule has 3 aromatic heterocycles. The van der Waals surface area contributed by atoms with Gasteiger partial charge in [0, 0.05) is 32.8 Å². The fourth-order valence-electron chi connectivity index (χ4n) is 4.98. The Labute approximate surface area is 209 Å². The normalized spacial score (nSPS) is 19.2. The van der Waals surface area contributed by atoms with Gasteiger partial charge in [0.25, 0.3) is 5.91 Å². The van der Waals surface area contributed by atoms with Crippen molar-refractivity contribution in [1.82, 2.24) is 24.1 Å². The summed E-state index contributed by atoms with van der Waals surface area (Å²) in [7, 11) is 3.31. The van der Waals surface area contributed by atoms with E-state index < -0.39 is 5.91 Å². The third-order valence-electron chi connectivity index (χ3n) is 6.81. The molecule has 186 valence electrons. The number of primary amides is 1. The van der Waals surface area contributed by atoms with Gasteiger partial charge >= 0.3 is 0 Å². The minimum atomic E-state index is -0.626. The van der Waals surface area contributed by atoms with Gasteiger partial charge in [0.2, 0.25) is 5.91 Å². The number of pyridine rings is 1. The molecule has 0 unspecified atom stereocenters. The van der Waals surface area contributed by atoms with Gasteiger partial charge in [-0.3, -0.25) is 9.59 Å². The predicted octanol–water partition coefficient (Wildman–Crippen LogP) is 1.92. The van der Waals surface area contributed by atoms with Gasteiger partial charge in [-0.15, -0.1) is 0 Å². The van der Waals surface area contributed by atoms with Crippen LogP contribution in [0.2, 0.25) is 0 Å². The Kier molecular flexibility index (Phi) is 6.24. The summed E-state index contributed by atoms with van der Waals surface area (Å²) in [6.45, 7) is 4.40. The van der Waals surface area contributed by atoms with Gasteiger partial charge in [0.1, 0.15) is 17.2 Å². The fourth-order valence-corrected chi connectivity index (χ4v) is 4.98. The number of hydrogen-bond donors (Lipinski definition) is 2. The molecular weight excluding hydrogens is 458 g/mol. The molecule has 1 saturated heterocycles. The van der Waals surface area contributed by atoms with Crippen LogP contribution in [0.15, 0.2) is 37.2 Å². The Bertz CT molecular complexity index is 1410. The van der Waals surface area contributed by atoms with Crippen LogP contribution in [0.5, 0.6) is 0 Å². The zero-order valence-electron chi connectivity index (χ0n) is 20.4. The first-order chi connectivity index (χ1) is 17.5. The van der Waals surface area contributed by atoms with E-state index >= 15 is 0 Å². The van der Waals surface area contributed by atoms with Crippen LogP contribution < -0.4 is 11.1 Å². The molecule has 0 aromatic carbocycles. The van der Waals surface area contributed by atoms with Crippen LogP contribution in [-0.2, 0) is 9.53 Å². The Morgan fingerprint density at radius 2 is 2.17 bits per heavy atom. The number of carbonyl (C=O) groups excluding carboxylic acids is 2. The number of nitrogens with zero attached hydrogens (tertiary/aromatic N) is 5. The maximum atomic E-state index is 12.5. The molecule has 0 bridgehead atoms. The Morgan fingerprint density at radius 3 is 2.83 bits per heavy atom.